The van der Waals surface area contributed by atoms with Gasteiger partial charge in [0.2, 0.25) is 0 Å². The zero-order chi connectivity index (χ0) is 22.3. The minimum absolute atomic E-state index is 0.0606. The summed E-state index contributed by atoms with van der Waals surface area (Å²) in [5.41, 5.74) is 0. The molecule has 5 nitrogen and oxygen atoms in total. The van der Waals surface area contributed by atoms with E-state index < -0.39 is 6.10 Å². The van der Waals surface area contributed by atoms with Crippen LogP contribution in [-0.2, 0) is 19.1 Å². The van der Waals surface area contributed by atoms with Gasteiger partial charge in [-0.1, -0.05) is 104 Å². The van der Waals surface area contributed by atoms with Crippen LogP contribution in [0.5, 0.6) is 0 Å². The summed E-state index contributed by atoms with van der Waals surface area (Å²) in [4.78, 5) is 23.7. The summed E-state index contributed by atoms with van der Waals surface area (Å²) in [6.45, 7) is 4.03. The first-order valence-corrected chi connectivity index (χ1v) is 12.6. The summed E-state index contributed by atoms with van der Waals surface area (Å²) in [5.74, 6) is -0.602. The SMILES string of the molecule is CCCCCCCCCCCCC(=O)OC(CO)COC(=O)CCCCCCCC. The summed E-state index contributed by atoms with van der Waals surface area (Å²) in [6, 6.07) is 0. The standard InChI is InChI=1S/C25H48O5/c1-3-5-7-9-11-12-13-14-16-18-20-25(28)30-23(21-26)22-29-24(27)19-17-15-10-8-6-4-2/h23,26H,3-22H2,1-2H3. The molecule has 0 aromatic heterocycles. The Bertz CT molecular complexity index is 397. The molecule has 0 aromatic rings. The van der Waals surface area contributed by atoms with Crippen LogP contribution in [0, 0.1) is 0 Å². The number of esters is 2. The van der Waals surface area contributed by atoms with Crippen molar-refractivity contribution in [3.05, 3.63) is 0 Å². The third-order valence-corrected chi connectivity index (χ3v) is 5.40. The monoisotopic (exact) mass is 428 g/mol. The summed E-state index contributed by atoms with van der Waals surface area (Å²) < 4.78 is 10.4. The number of aliphatic hydroxyl groups is 1. The molecule has 1 unspecified atom stereocenters. The zero-order valence-electron chi connectivity index (χ0n) is 19.8. The van der Waals surface area contributed by atoms with E-state index in [0.29, 0.717) is 12.8 Å². The number of carbonyl (C=O) groups is 2. The van der Waals surface area contributed by atoms with Crippen LogP contribution >= 0.6 is 0 Å². The third-order valence-electron chi connectivity index (χ3n) is 5.40. The Hall–Kier alpha value is -1.10. The Kier molecular flexibility index (Phi) is 21.8. The van der Waals surface area contributed by atoms with Crippen LogP contribution in [0.2, 0.25) is 0 Å². The summed E-state index contributed by atoms with van der Waals surface area (Å²) >= 11 is 0. The molecule has 30 heavy (non-hydrogen) atoms. The highest BCUT2D eigenvalue weighted by Crippen LogP contribution is 2.12. The van der Waals surface area contributed by atoms with E-state index >= 15 is 0 Å². The maximum atomic E-state index is 11.9. The number of ether oxygens (including phenoxy) is 2. The fraction of sp³-hybridized carbons (Fsp3) is 0.920. The molecule has 0 aliphatic rings. The van der Waals surface area contributed by atoms with E-state index in [1.54, 1.807) is 0 Å². The van der Waals surface area contributed by atoms with Crippen molar-refractivity contribution in [1.29, 1.82) is 0 Å². The fourth-order valence-electron chi connectivity index (χ4n) is 3.43. The molecule has 0 amide bonds. The highest BCUT2D eigenvalue weighted by atomic mass is 16.6. The predicted octanol–water partition coefficient (Wildman–Crippen LogP) is 6.50. The molecule has 0 saturated heterocycles. The van der Waals surface area contributed by atoms with Crippen LogP contribution in [-0.4, -0.2) is 36.4 Å². The number of rotatable bonds is 22. The average molecular weight is 429 g/mol. The Morgan fingerprint density at radius 1 is 0.633 bits per heavy atom. The molecule has 0 heterocycles. The van der Waals surface area contributed by atoms with Crippen LogP contribution in [0.15, 0.2) is 0 Å². The minimum Gasteiger partial charge on any atom is -0.462 e. The van der Waals surface area contributed by atoms with Gasteiger partial charge in [0.1, 0.15) is 6.61 Å². The molecule has 0 spiro atoms. The van der Waals surface area contributed by atoms with Crippen molar-refractivity contribution < 1.29 is 24.2 Å². The highest BCUT2D eigenvalue weighted by Gasteiger charge is 2.16. The van der Waals surface area contributed by atoms with Crippen molar-refractivity contribution in [3.8, 4) is 0 Å². The molecule has 0 radical (unpaired) electrons. The lowest BCUT2D eigenvalue weighted by atomic mass is 10.1. The molecule has 0 saturated carbocycles. The van der Waals surface area contributed by atoms with Crippen molar-refractivity contribution in [2.75, 3.05) is 13.2 Å². The molecule has 0 aromatic carbocycles. The zero-order valence-corrected chi connectivity index (χ0v) is 19.8. The first-order valence-electron chi connectivity index (χ1n) is 12.6. The van der Waals surface area contributed by atoms with Crippen molar-refractivity contribution in [3.63, 3.8) is 0 Å². The predicted molar refractivity (Wildman–Crippen MR) is 122 cm³/mol. The van der Waals surface area contributed by atoms with Crippen LogP contribution in [0.4, 0.5) is 0 Å². The van der Waals surface area contributed by atoms with Crippen molar-refractivity contribution >= 4 is 11.9 Å². The van der Waals surface area contributed by atoms with Gasteiger partial charge in [0.15, 0.2) is 6.10 Å². The Balaban J connectivity index is 3.62. The van der Waals surface area contributed by atoms with Crippen LogP contribution in [0.1, 0.15) is 129 Å². The highest BCUT2D eigenvalue weighted by molar-refractivity contribution is 5.70. The van der Waals surface area contributed by atoms with Crippen LogP contribution in [0.3, 0.4) is 0 Å². The topological polar surface area (TPSA) is 72.8 Å². The molecule has 0 aliphatic carbocycles. The van der Waals surface area contributed by atoms with Gasteiger partial charge in [-0.3, -0.25) is 9.59 Å². The second-order valence-corrected chi connectivity index (χ2v) is 8.43. The first kappa shape index (κ1) is 28.9. The van der Waals surface area contributed by atoms with Gasteiger partial charge in [-0.15, -0.1) is 0 Å². The minimum atomic E-state index is -0.755. The number of unbranched alkanes of at least 4 members (excludes halogenated alkanes) is 14. The Morgan fingerprint density at radius 3 is 1.47 bits per heavy atom. The van der Waals surface area contributed by atoms with E-state index in [-0.39, 0.29) is 25.2 Å². The Labute approximate surface area is 185 Å². The van der Waals surface area contributed by atoms with Gasteiger partial charge >= 0.3 is 11.9 Å². The van der Waals surface area contributed by atoms with E-state index in [9.17, 15) is 14.7 Å². The van der Waals surface area contributed by atoms with Gasteiger partial charge in [-0.25, -0.2) is 0 Å². The summed E-state index contributed by atoms with van der Waals surface area (Å²) in [5, 5.41) is 9.36. The first-order chi connectivity index (χ1) is 14.6. The molecule has 0 fully saturated rings. The van der Waals surface area contributed by atoms with Gasteiger partial charge in [-0.2, -0.15) is 0 Å². The maximum absolute atomic E-state index is 11.9. The van der Waals surface area contributed by atoms with Gasteiger partial charge in [0, 0.05) is 12.8 Å². The average Bonchev–Trinajstić information content (AvgIpc) is 2.74. The number of hydrogen-bond donors (Lipinski definition) is 1. The fourth-order valence-corrected chi connectivity index (χ4v) is 3.43. The second kappa shape index (κ2) is 22.6. The van der Waals surface area contributed by atoms with E-state index in [0.717, 1.165) is 38.5 Å². The lowest BCUT2D eigenvalue weighted by Gasteiger charge is -2.15. The molecule has 0 bridgehead atoms. The smallest absolute Gasteiger partial charge is 0.306 e. The van der Waals surface area contributed by atoms with Crippen LogP contribution in [0.25, 0.3) is 0 Å². The third kappa shape index (κ3) is 20.2. The van der Waals surface area contributed by atoms with E-state index in [4.69, 9.17) is 9.47 Å². The molecule has 1 atom stereocenters. The molecule has 0 aliphatic heterocycles. The molecule has 0 rings (SSSR count). The lowest BCUT2D eigenvalue weighted by Crippen LogP contribution is -2.28. The van der Waals surface area contributed by atoms with E-state index in [2.05, 4.69) is 13.8 Å². The van der Waals surface area contributed by atoms with Gasteiger partial charge in [0.25, 0.3) is 0 Å². The normalized spacial score (nSPS) is 12.0. The van der Waals surface area contributed by atoms with Gasteiger partial charge in [-0.05, 0) is 12.8 Å². The van der Waals surface area contributed by atoms with Gasteiger partial charge in [0.05, 0.1) is 6.61 Å². The molecular weight excluding hydrogens is 380 g/mol. The maximum Gasteiger partial charge on any atom is 0.306 e. The second-order valence-electron chi connectivity index (χ2n) is 8.43. The largest absolute Gasteiger partial charge is 0.462 e. The number of hydrogen-bond acceptors (Lipinski definition) is 5. The van der Waals surface area contributed by atoms with Crippen molar-refractivity contribution in [1.82, 2.24) is 0 Å². The van der Waals surface area contributed by atoms with Crippen molar-refractivity contribution in [2.24, 2.45) is 0 Å². The Morgan fingerprint density at radius 2 is 1.03 bits per heavy atom. The lowest BCUT2D eigenvalue weighted by molar-refractivity contribution is -0.161. The quantitative estimate of drug-likeness (QED) is 0.157. The molecule has 5 heteroatoms. The van der Waals surface area contributed by atoms with E-state index in [1.165, 1.54) is 64.2 Å². The van der Waals surface area contributed by atoms with Gasteiger partial charge < -0.3 is 14.6 Å². The molecule has 1 N–H and O–H groups in total. The number of carbonyl (C=O) groups excluding carboxylic acids is 2. The number of aliphatic hydroxyl groups excluding tert-OH is 1. The summed E-state index contributed by atoms with van der Waals surface area (Å²) in [7, 11) is 0. The van der Waals surface area contributed by atoms with Crippen LogP contribution < -0.4 is 0 Å². The molecular formula is C25H48O5. The van der Waals surface area contributed by atoms with Crippen molar-refractivity contribution in [2.45, 2.75) is 136 Å². The molecule has 178 valence electrons. The van der Waals surface area contributed by atoms with E-state index in [1.807, 2.05) is 0 Å². The summed E-state index contributed by atoms with van der Waals surface area (Å²) in [6.07, 6.45) is 18.8.